The zero-order chi connectivity index (χ0) is 29.9. The third-order valence-electron chi connectivity index (χ3n) is 6.82. The summed E-state index contributed by atoms with van der Waals surface area (Å²) in [7, 11) is -5.11. The SMILES string of the molecule is Nc1nc2c(ncn2[C@@H]2O[C@H](CO)[C@@H](O)[C@H]2OP(=O)(O)OC[C@H]2O[C@@H](n3cnc4c(N)ncnc43)[C@H](O)[C@@H]2F)c(=O)[nH]1. The predicted molar refractivity (Wildman–Crippen MR) is 135 cm³/mol. The van der Waals surface area contributed by atoms with Gasteiger partial charge in [-0.05, 0) is 0 Å². The van der Waals surface area contributed by atoms with Gasteiger partial charge in [0, 0.05) is 0 Å². The maximum absolute atomic E-state index is 15.0. The van der Waals surface area contributed by atoms with Crippen LogP contribution in [-0.4, -0.2) is 109 Å². The number of nitrogen functional groups attached to an aromatic ring is 2. The standard InChI is InChI=1S/C20H24FN10O10P/c21-8-7(40-18(12(8)34)30-4-26-9-14(22)24-3-25-15(9)30)2-38-42(36,37)41-13-11(33)6(1-32)39-19(13)31-5-27-10-16(31)28-20(23)29-17(10)35/h3-8,11-13,18-19,32-34H,1-2H2,(H,36,37)(H2,22,24,25)(H3,23,28,29,35)/t6-,7-,8-,11-,12-,13-,18-,19-/m1/s1. The summed E-state index contributed by atoms with van der Waals surface area (Å²) in [6.07, 6.45) is -9.33. The Labute approximate surface area is 232 Å². The van der Waals surface area contributed by atoms with Crippen molar-refractivity contribution in [1.29, 1.82) is 0 Å². The Morgan fingerprint density at radius 1 is 1.02 bits per heavy atom. The molecule has 9 atom stereocenters. The van der Waals surface area contributed by atoms with Gasteiger partial charge in [0.05, 0.1) is 25.9 Å². The van der Waals surface area contributed by atoms with Crippen molar-refractivity contribution in [1.82, 2.24) is 39.0 Å². The molecule has 0 radical (unpaired) electrons. The number of fused-ring (bicyclic) bond motifs is 2. The zero-order valence-corrected chi connectivity index (χ0v) is 22.0. The summed E-state index contributed by atoms with van der Waals surface area (Å²) in [6, 6.07) is 0. The highest BCUT2D eigenvalue weighted by molar-refractivity contribution is 7.47. The topological polar surface area (TPSA) is 294 Å². The van der Waals surface area contributed by atoms with Gasteiger partial charge in [-0.3, -0.25) is 28.0 Å². The van der Waals surface area contributed by atoms with Crippen LogP contribution in [0.5, 0.6) is 0 Å². The van der Waals surface area contributed by atoms with E-state index in [2.05, 4.69) is 29.9 Å². The molecule has 42 heavy (non-hydrogen) atoms. The number of nitrogens with one attached hydrogen (secondary N) is 1. The van der Waals surface area contributed by atoms with Crippen molar-refractivity contribution in [3.63, 3.8) is 0 Å². The average molecular weight is 614 g/mol. The van der Waals surface area contributed by atoms with Crippen LogP contribution < -0.4 is 17.0 Å². The fraction of sp³-hybridized carbons (Fsp3) is 0.500. The fourth-order valence-corrected chi connectivity index (χ4v) is 5.75. The maximum Gasteiger partial charge on any atom is 0.472 e. The molecule has 0 amide bonds. The molecular formula is C20H24FN10O10P. The first-order valence-electron chi connectivity index (χ1n) is 12.2. The number of anilines is 2. The summed E-state index contributed by atoms with van der Waals surface area (Å²) in [5.74, 6) is -0.214. The van der Waals surface area contributed by atoms with Crippen LogP contribution in [0.1, 0.15) is 12.5 Å². The van der Waals surface area contributed by atoms with Gasteiger partial charge < -0.3 is 41.2 Å². The summed E-state index contributed by atoms with van der Waals surface area (Å²) >= 11 is 0. The van der Waals surface area contributed by atoms with Crippen LogP contribution in [0.3, 0.4) is 0 Å². The monoisotopic (exact) mass is 614 g/mol. The number of phosphoric ester groups is 1. The van der Waals surface area contributed by atoms with E-state index >= 15 is 4.39 Å². The Kier molecular flexibility index (Phi) is 7.15. The number of aromatic amines is 1. The Hall–Kier alpha value is -3.66. The number of phosphoric acid groups is 1. The minimum Gasteiger partial charge on any atom is -0.394 e. The van der Waals surface area contributed by atoms with Gasteiger partial charge in [0.25, 0.3) is 5.56 Å². The molecule has 4 aromatic rings. The third kappa shape index (κ3) is 4.79. The molecule has 226 valence electrons. The van der Waals surface area contributed by atoms with E-state index in [1.54, 1.807) is 0 Å². The Morgan fingerprint density at radius 3 is 2.45 bits per heavy atom. The van der Waals surface area contributed by atoms with Gasteiger partial charge in [-0.25, -0.2) is 28.9 Å². The summed E-state index contributed by atoms with van der Waals surface area (Å²) in [4.78, 5) is 44.7. The number of alkyl halides is 1. The van der Waals surface area contributed by atoms with Crippen LogP contribution in [0.25, 0.3) is 22.3 Å². The number of H-pyrrole nitrogens is 1. The van der Waals surface area contributed by atoms with Gasteiger partial charge in [-0.1, -0.05) is 0 Å². The van der Waals surface area contributed by atoms with E-state index in [9.17, 15) is 29.6 Å². The molecule has 0 spiro atoms. The summed E-state index contributed by atoms with van der Waals surface area (Å²) < 4.78 is 51.6. The summed E-state index contributed by atoms with van der Waals surface area (Å²) in [5, 5.41) is 30.8. The van der Waals surface area contributed by atoms with E-state index < -0.39 is 75.7 Å². The lowest BCUT2D eigenvalue weighted by atomic mass is 10.1. The zero-order valence-electron chi connectivity index (χ0n) is 21.1. The van der Waals surface area contributed by atoms with Crippen molar-refractivity contribution in [2.45, 2.75) is 49.1 Å². The number of halogens is 1. The molecule has 4 aromatic heterocycles. The van der Waals surface area contributed by atoms with Gasteiger partial charge in [0.15, 0.2) is 41.3 Å². The molecule has 20 nitrogen and oxygen atoms in total. The van der Waals surface area contributed by atoms with Gasteiger partial charge in [0.2, 0.25) is 5.95 Å². The predicted octanol–water partition coefficient (Wildman–Crippen LogP) is -2.53. The number of imidazole rings is 2. The van der Waals surface area contributed by atoms with Crippen LogP contribution in [0.15, 0.2) is 23.8 Å². The number of aromatic nitrogens is 8. The number of hydrogen-bond donors (Lipinski definition) is 7. The molecule has 2 aliphatic rings. The molecule has 0 saturated carbocycles. The summed E-state index contributed by atoms with van der Waals surface area (Å²) in [5.41, 5.74) is 10.8. The Morgan fingerprint density at radius 2 is 1.71 bits per heavy atom. The van der Waals surface area contributed by atoms with Gasteiger partial charge >= 0.3 is 7.82 Å². The lowest BCUT2D eigenvalue weighted by molar-refractivity contribution is -0.0599. The van der Waals surface area contributed by atoms with Crippen molar-refractivity contribution in [3.05, 3.63) is 29.3 Å². The number of nitrogens with two attached hydrogens (primary N) is 2. The highest BCUT2D eigenvalue weighted by Gasteiger charge is 2.51. The first-order chi connectivity index (χ1) is 20.0. The lowest BCUT2D eigenvalue weighted by Crippen LogP contribution is -2.35. The second-order valence-corrected chi connectivity index (χ2v) is 10.8. The van der Waals surface area contributed by atoms with E-state index in [4.69, 9.17) is 30.0 Å². The Bertz CT molecular complexity index is 1730. The molecule has 0 aliphatic carbocycles. The number of rotatable bonds is 8. The molecule has 1 unspecified atom stereocenters. The highest BCUT2D eigenvalue weighted by Crippen LogP contribution is 2.50. The first kappa shape index (κ1) is 28.5. The van der Waals surface area contributed by atoms with E-state index in [0.717, 1.165) is 17.2 Å². The minimum atomic E-state index is -5.11. The molecule has 6 heterocycles. The molecule has 0 bridgehead atoms. The normalized spacial score (nSPS) is 31.3. The van der Waals surface area contributed by atoms with Crippen molar-refractivity contribution < 1.29 is 47.7 Å². The highest BCUT2D eigenvalue weighted by atomic mass is 31.2. The number of hydrogen-bond acceptors (Lipinski definition) is 16. The quantitative estimate of drug-likeness (QED) is 0.101. The van der Waals surface area contributed by atoms with E-state index in [1.165, 1.54) is 10.9 Å². The molecule has 22 heteroatoms. The van der Waals surface area contributed by atoms with Gasteiger partial charge in [-0.15, -0.1) is 0 Å². The largest absolute Gasteiger partial charge is 0.472 e. The lowest BCUT2D eigenvalue weighted by Gasteiger charge is -2.24. The van der Waals surface area contributed by atoms with Crippen LogP contribution in [0, 0.1) is 0 Å². The number of aliphatic hydroxyl groups is 3. The van der Waals surface area contributed by atoms with Crippen molar-refractivity contribution in [3.8, 4) is 0 Å². The molecule has 2 aliphatic heterocycles. The van der Waals surface area contributed by atoms with Crippen LogP contribution in [-0.2, 0) is 23.1 Å². The molecular weight excluding hydrogens is 590 g/mol. The maximum atomic E-state index is 15.0. The fourth-order valence-electron chi connectivity index (χ4n) is 4.82. The van der Waals surface area contributed by atoms with Crippen LogP contribution >= 0.6 is 7.82 Å². The second-order valence-electron chi connectivity index (χ2n) is 9.43. The molecule has 6 rings (SSSR count). The molecule has 9 N–H and O–H groups in total. The minimum absolute atomic E-state index is 0.0517. The smallest absolute Gasteiger partial charge is 0.394 e. The number of nitrogens with zero attached hydrogens (tertiary/aromatic N) is 7. The van der Waals surface area contributed by atoms with Gasteiger partial charge in [-0.2, -0.15) is 4.98 Å². The molecule has 2 fully saturated rings. The average Bonchev–Trinajstić information content (AvgIpc) is 3.69. The van der Waals surface area contributed by atoms with Crippen LogP contribution in [0.2, 0.25) is 0 Å². The molecule has 2 saturated heterocycles. The first-order valence-corrected chi connectivity index (χ1v) is 13.7. The van der Waals surface area contributed by atoms with Crippen molar-refractivity contribution in [2.75, 3.05) is 24.7 Å². The van der Waals surface area contributed by atoms with Crippen LogP contribution in [0.4, 0.5) is 16.2 Å². The Balaban J connectivity index is 1.19. The third-order valence-corrected chi connectivity index (χ3v) is 7.81. The molecule has 0 aromatic carbocycles. The van der Waals surface area contributed by atoms with E-state index in [-0.39, 0.29) is 34.1 Å². The van der Waals surface area contributed by atoms with Gasteiger partial charge in [0.1, 0.15) is 42.4 Å². The van der Waals surface area contributed by atoms with Crippen molar-refractivity contribution in [2.24, 2.45) is 0 Å². The van der Waals surface area contributed by atoms with Crippen molar-refractivity contribution >= 4 is 41.9 Å². The van der Waals surface area contributed by atoms with E-state index in [1.807, 2.05) is 0 Å². The second kappa shape index (κ2) is 10.6. The number of ether oxygens (including phenoxy) is 2. The van der Waals surface area contributed by atoms with E-state index in [0.29, 0.717) is 0 Å². The number of aliphatic hydroxyl groups excluding tert-OH is 3. The summed E-state index contributed by atoms with van der Waals surface area (Å²) in [6.45, 7) is -1.58.